The van der Waals surface area contributed by atoms with Crippen LogP contribution in [0.3, 0.4) is 0 Å². The van der Waals surface area contributed by atoms with E-state index < -0.39 is 67.3 Å². The number of alkyl halides is 6. The molecule has 2 saturated heterocycles. The summed E-state index contributed by atoms with van der Waals surface area (Å²) in [6, 6.07) is 12.9. The highest BCUT2D eigenvalue weighted by atomic mass is 19.4. The first-order valence-electron chi connectivity index (χ1n) is 27.2. The van der Waals surface area contributed by atoms with Gasteiger partial charge in [-0.1, -0.05) is 85.2 Å². The fraction of sp³-hybridized carbons (Fsp3) is 0.459. The molecule has 4 heterocycles. The van der Waals surface area contributed by atoms with E-state index >= 15 is 0 Å². The van der Waals surface area contributed by atoms with Crippen LogP contribution in [0.15, 0.2) is 119 Å². The van der Waals surface area contributed by atoms with Gasteiger partial charge in [0.1, 0.15) is 37.9 Å². The number of hydrogen-bond donors (Lipinski definition) is 0. The Labute approximate surface area is 474 Å². The molecule has 2 unspecified atom stereocenters. The predicted octanol–water partition coefficient (Wildman–Crippen LogP) is 13.0. The van der Waals surface area contributed by atoms with Crippen LogP contribution in [0, 0.1) is 37.0 Å². The summed E-state index contributed by atoms with van der Waals surface area (Å²) in [5, 5.41) is 0. The van der Waals surface area contributed by atoms with Crippen LogP contribution in [0.2, 0.25) is 0 Å². The molecule has 0 amide bonds. The van der Waals surface area contributed by atoms with E-state index in [1.54, 1.807) is 29.7 Å². The van der Waals surface area contributed by atoms with Gasteiger partial charge in [0.2, 0.25) is 11.9 Å². The smallest absolute Gasteiger partial charge is 0.493 e. The number of ether oxygens (including phenoxy) is 6. The Bertz CT molecular complexity index is 2920. The fourth-order valence-electron chi connectivity index (χ4n) is 9.82. The van der Waals surface area contributed by atoms with Crippen molar-refractivity contribution in [2.45, 2.75) is 92.9 Å². The fourth-order valence-corrected chi connectivity index (χ4v) is 9.82. The lowest BCUT2D eigenvalue weighted by atomic mass is 9.72. The number of benzene rings is 2. The van der Waals surface area contributed by atoms with Gasteiger partial charge in [0.05, 0.1) is 30.3 Å². The maximum absolute atomic E-state index is 13.7. The highest BCUT2D eigenvalue weighted by Gasteiger charge is 2.37. The van der Waals surface area contributed by atoms with E-state index in [1.165, 1.54) is 66.1 Å². The summed E-state index contributed by atoms with van der Waals surface area (Å²) in [5.41, 5.74) is 3.77. The first kappa shape index (κ1) is 61.9. The van der Waals surface area contributed by atoms with Crippen molar-refractivity contribution in [3.63, 3.8) is 0 Å². The average molecular weight is 1150 g/mol. The van der Waals surface area contributed by atoms with Crippen molar-refractivity contribution in [3.8, 4) is 11.5 Å². The van der Waals surface area contributed by atoms with Crippen LogP contribution >= 0.6 is 0 Å². The Morgan fingerprint density at radius 2 is 1.18 bits per heavy atom. The molecule has 0 spiro atoms. The third kappa shape index (κ3) is 17.9. The van der Waals surface area contributed by atoms with Crippen molar-refractivity contribution in [2.24, 2.45) is 23.2 Å². The van der Waals surface area contributed by atoms with Gasteiger partial charge >= 0.3 is 30.4 Å². The maximum Gasteiger partial charge on any atom is 0.508 e. The number of para-hydroxylation sites is 2. The number of carbonyl (C=O) groups excluding carboxylic acids is 3. The van der Waals surface area contributed by atoms with Gasteiger partial charge in [0, 0.05) is 49.4 Å². The number of carbonyl (C=O) groups is 3. The maximum atomic E-state index is 13.7. The number of aryl methyl sites for hydroxylation is 2. The molecule has 7 rings (SSSR count). The Morgan fingerprint density at radius 1 is 0.683 bits per heavy atom. The van der Waals surface area contributed by atoms with Crippen LogP contribution in [-0.4, -0.2) is 104 Å². The standard InChI is InChI=1S/C61H70F6N6O9/c1-39(21-22-47-41(3)16-13-26-59(47,6)7)14-12-15-40(2)25-29-77-58(76)82-38-46(36-80-54(74)50-30-42(4)68-56(70-50)72-27-23-44(32-72)34-78-52-19-10-8-17-48(52)60(62,63)64)37-81-55(75)51-31-43(5)69-57(71-51)73-28-24-45(33-73)35-79-53-20-11-9-18-49(53)61(65,66)67/h8-12,14-15,17-22,25,30-31,44-46H,13,16,23-24,26-29,32-38H2,1-7H3/b15-12+,22-21+,39-14+,40-25+. The summed E-state index contributed by atoms with van der Waals surface area (Å²) < 4.78 is 115. The van der Waals surface area contributed by atoms with Gasteiger partial charge < -0.3 is 38.2 Å². The molecule has 2 atom stereocenters. The minimum Gasteiger partial charge on any atom is -0.493 e. The van der Waals surface area contributed by atoms with Gasteiger partial charge in [-0.2, -0.15) is 26.3 Å². The van der Waals surface area contributed by atoms with E-state index in [2.05, 4.69) is 52.9 Å². The first-order chi connectivity index (χ1) is 38.9. The summed E-state index contributed by atoms with van der Waals surface area (Å²) in [6.45, 7) is 14.2. The molecule has 2 fully saturated rings. The number of anilines is 2. The molecule has 0 radical (unpaired) electrons. The lowest BCUT2D eigenvalue weighted by Crippen LogP contribution is -2.28. The van der Waals surface area contributed by atoms with E-state index in [-0.39, 0.29) is 71.9 Å². The van der Waals surface area contributed by atoms with E-state index in [4.69, 9.17) is 28.4 Å². The second kappa shape index (κ2) is 27.8. The normalized spacial score (nSPS) is 18.3. The quantitative estimate of drug-likeness (QED) is 0.0316. The van der Waals surface area contributed by atoms with Gasteiger partial charge in [-0.3, -0.25) is 0 Å². The summed E-state index contributed by atoms with van der Waals surface area (Å²) >= 11 is 0. The average Bonchev–Trinajstić information content (AvgIpc) is 4.30. The molecule has 0 saturated carbocycles. The van der Waals surface area contributed by atoms with Crippen molar-refractivity contribution in [2.75, 3.05) is 75.6 Å². The number of nitrogens with zero attached hydrogens (tertiary/aromatic N) is 6. The zero-order valence-corrected chi connectivity index (χ0v) is 47.2. The number of allylic oxidation sites excluding steroid dienone is 9. The molecule has 2 aliphatic heterocycles. The minimum atomic E-state index is -4.58. The topological polar surface area (TPSA) is 165 Å². The van der Waals surface area contributed by atoms with Crippen LogP contribution < -0.4 is 19.3 Å². The van der Waals surface area contributed by atoms with E-state index in [1.807, 2.05) is 32.1 Å². The molecule has 2 aromatic heterocycles. The molecule has 2 aromatic carbocycles. The monoisotopic (exact) mass is 1140 g/mol. The second-order valence-corrected chi connectivity index (χ2v) is 21.6. The van der Waals surface area contributed by atoms with Gasteiger partial charge in [0.25, 0.3) is 0 Å². The highest BCUT2D eigenvalue weighted by molar-refractivity contribution is 5.88. The molecule has 15 nitrogen and oxygen atoms in total. The van der Waals surface area contributed by atoms with Crippen LogP contribution in [0.1, 0.15) is 110 Å². The SMILES string of the molecule is CC1=C(/C=C/C(C)=C/C=C/C(C)=C/COC(=O)OCC(COC(=O)c2cc(C)nc(N3CCC(COc4ccccc4C(F)(F)F)C3)n2)COC(=O)c2cc(C)nc(N3CCC(COc4ccccc4C(F)(F)F)C3)n2)C(C)(C)CCC1. The number of halogens is 6. The van der Waals surface area contributed by atoms with E-state index in [0.29, 0.717) is 50.4 Å². The predicted molar refractivity (Wildman–Crippen MR) is 296 cm³/mol. The first-order valence-corrected chi connectivity index (χ1v) is 27.2. The van der Waals surface area contributed by atoms with Crippen molar-refractivity contribution >= 4 is 30.0 Å². The molecule has 82 heavy (non-hydrogen) atoms. The molecule has 440 valence electrons. The van der Waals surface area contributed by atoms with Crippen LogP contribution in [0.25, 0.3) is 0 Å². The summed E-state index contributed by atoms with van der Waals surface area (Å²) in [5.74, 6) is -3.12. The molecular formula is C61H70F6N6O9. The van der Waals surface area contributed by atoms with Crippen molar-refractivity contribution in [1.82, 2.24) is 19.9 Å². The molecule has 0 bridgehead atoms. The van der Waals surface area contributed by atoms with E-state index in [9.17, 15) is 40.7 Å². The number of hydrogen-bond acceptors (Lipinski definition) is 15. The third-order valence-corrected chi connectivity index (χ3v) is 14.3. The van der Waals surface area contributed by atoms with Crippen LogP contribution in [-0.2, 0) is 31.3 Å². The lowest BCUT2D eigenvalue weighted by molar-refractivity contribution is -0.139. The van der Waals surface area contributed by atoms with Gasteiger partial charge in [-0.15, -0.1) is 0 Å². The van der Waals surface area contributed by atoms with Crippen LogP contribution in [0.4, 0.5) is 43.0 Å². The Balaban J connectivity index is 0.965. The zero-order chi connectivity index (χ0) is 59.2. The summed E-state index contributed by atoms with van der Waals surface area (Å²) in [6.07, 6.45) is 6.21. The number of esters is 2. The summed E-state index contributed by atoms with van der Waals surface area (Å²) in [4.78, 5) is 61.8. The van der Waals surface area contributed by atoms with E-state index in [0.717, 1.165) is 36.1 Å². The zero-order valence-electron chi connectivity index (χ0n) is 47.2. The molecule has 4 aromatic rings. The Morgan fingerprint density at radius 3 is 1.68 bits per heavy atom. The Hall–Kier alpha value is -7.71. The Kier molecular flexibility index (Phi) is 21.0. The van der Waals surface area contributed by atoms with Gasteiger partial charge in [0.15, 0.2) is 11.4 Å². The third-order valence-electron chi connectivity index (χ3n) is 14.3. The van der Waals surface area contributed by atoms with Gasteiger partial charge in [-0.25, -0.2) is 34.3 Å². The highest BCUT2D eigenvalue weighted by Crippen LogP contribution is 2.41. The van der Waals surface area contributed by atoms with Crippen molar-refractivity contribution < 1.29 is 69.1 Å². The molecule has 3 aliphatic rings. The van der Waals surface area contributed by atoms with Crippen LogP contribution in [0.5, 0.6) is 11.5 Å². The minimum absolute atomic E-state index is 0.00918. The summed E-state index contributed by atoms with van der Waals surface area (Å²) in [7, 11) is 0. The lowest BCUT2D eigenvalue weighted by Gasteiger charge is -2.32. The number of aromatic nitrogens is 4. The van der Waals surface area contributed by atoms with Crippen molar-refractivity contribution in [3.05, 3.63) is 153 Å². The number of rotatable bonds is 22. The molecule has 0 N–H and O–H groups in total. The van der Waals surface area contributed by atoms with Crippen molar-refractivity contribution in [1.29, 1.82) is 0 Å². The molecule has 1 aliphatic carbocycles. The molecule has 21 heteroatoms. The molecular weight excluding hydrogens is 1070 g/mol. The second-order valence-electron chi connectivity index (χ2n) is 21.6. The van der Waals surface area contributed by atoms with Gasteiger partial charge in [-0.05, 0) is 120 Å². The largest absolute Gasteiger partial charge is 0.508 e.